The molecule has 0 radical (unpaired) electrons. The normalized spacial score (nSPS) is 12.7. The second kappa shape index (κ2) is 12.3. The molecule has 134 valence electrons. The van der Waals surface area contributed by atoms with E-state index in [1.54, 1.807) is 0 Å². The van der Waals surface area contributed by atoms with Gasteiger partial charge in [0.25, 0.3) is 0 Å². The van der Waals surface area contributed by atoms with Crippen molar-refractivity contribution in [3.8, 4) is 0 Å². The van der Waals surface area contributed by atoms with Crippen LogP contribution in [-0.2, 0) is 14.4 Å². The standard InChI is InChI=1S/C19H35NO3/c1-16(15-21)11-8-9-13-18(23)20-14-10-6-5-7-12-17(22)19(2,3)4/h15-16H,5-14H2,1-4H3,(H,20,23). The third kappa shape index (κ3) is 13.0. The molecule has 0 aliphatic carbocycles. The zero-order valence-corrected chi connectivity index (χ0v) is 15.5. The Morgan fingerprint density at radius 2 is 1.57 bits per heavy atom. The summed E-state index contributed by atoms with van der Waals surface area (Å²) in [5.74, 6) is 0.532. The number of nitrogens with one attached hydrogen (secondary N) is 1. The highest BCUT2D eigenvalue weighted by molar-refractivity contribution is 5.83. The van der Waals surface area contributed by atoms with Gasteiger partial charge in [-0.15, -0.1) is 0 Å². The van der Waals surface area contributed by atoms with Crippen LogP contribution in [0.1, 0.15) is 85.5 Å². The highest BCUT2D eigenvalue weighted by Crippen LogP contribution is 2.18. The first-order chi connectivity index (χ1) is 10.8. The topological polar surface area (TPSA) is 63.2 Å². The molecule has 0 aromatic heterocycles. The highest BCUT2D eigenvalue weighted by atomic mass is 16.1. The second-order valence-electron chi connectivity index (χ2n) is 7.55. The Morgan fingerprint density at radius 3 is 2.17 bits per heavy atom. The summed E-state index contributed by atoms with van der Waals surface area (Å²) in [5.41, 5.74) is -0.225. The van der Waals surface area contributed by atoms with Crippen LogP contribution in [0.4, 0.5) is 0 Å². The van der Waals surface area contributed by atoms with Gasteiger partial charge in [-0.2, -0.15) is 0 Å². The molecule has 0 saturated heterocycles. The summed E-state index contributed by atoms with van der Waals surface area (Å²) in [5, 5.41) is 2.93. The third-order valence-electron chi connectivity index (χ3n) is 4.03. The van der Waals surface area contributed by atoms with Gasteiger partial charge < -0.3 is 10.1 Å². The van der Waals surface area contributed by atoms with Crippen molar-refractivity contribution in [1.82, 2.24) is 5.32 Å². The van der Waals surface area contributed by atoms with E-state index in [0.717, 1.165) is 57.8 Å². The molecule has 0 fully saturated rings. The molecule has 0 aromatic carbocycles. The summed E-state index contributed by atoms with van der Waals surface area (Å²) in [6.07, 6.45) is 8.82. The molecule has 0 heterocycles. The van der Waals surface area contributed by atoms with Crippen LogP contribution in [0.25, 0.3) is 0 Å². The number of aldehydes is 1. The first kappa shape index (κ1) is 21.8. The maximum atomic E-state index is 11.8. The van der Waals surface area contributed by atoms with Crippen molar-refractivity contribution in [3.05, 3.63) is 0 Å². The van der Waals surface area contributed by atoms with Gasteiger partial charge in [-0.05, 0) is 25.7 Å². The van der Waals surface area contributed by atoms with E-state index in [2.05, 4.69) is 5.32 Å². The maximum Gasteiger partial charge on any atom is 0.219 e. The van der Waals surface area contributed by atoms with Crippen molar-refractivity contribution in [2.75, 3.05) is 6.54 Å². The van der Waals surface area contributed by atoms with Gasteiger partial charge in [-0.3, -0.25) is 9.59 Å². The maximum absolute atomic E-state index is 11.8. The Morgan fingerprint density at radius 1 is 0.957 bits per heavy atom. The van der Waals surface area contributed by atoms with Gasteiger partial charge in [0.1, 0.15) is 12.1 Å². The van der Waals surface area contributed by atoms with Gasteiger partial charge in [0.05, 0.1) is 0 Å². The van der Waals surface area contributed by atoms with Gasteiger partial charge in [0.2, 0.25) is 5.91 Å². The van der Waals surface area contributed by atoms with Crippen LogP contribution in [0, 0.1) is 11.3 Å². The van der Waals surface area contributed by atoms with Gasteiger partial charge in [-0.25, -0.2) is 0 Å². The molecule has 0 spiro atoms. The number of unbranched alkanes of at least 4 members (excludes halogenated alkanes) is 4. The second-order valence-corrected chi connectivity index (χ2v) is 7.55. The Hall–Kier alpha value is -1.19. The summed E-state index contributed by atoms with van der Waals surface area (Å²) >= 11 is 0. The molecular formula is C19H35NO3. The van der Waals surface area contributed by atoms with Crippen LogP contribution < -0.4 is 5.32 Å². The molecule has 1 N–H and O–H groups in total. The smallest absolute Gasteiger partial charge is 0.219 e. The number of Topliss-reactive ketones (excluding diaryl/α,β-unsaturated/α-hetero) is 1. The number of hydrogen-bond donors (Lipinski definition) is 1. The number of hydrogen-bond acceptors (Lipinski definition) is 3. The van der Waals surface area contributed by atoms with Crippen molar-refractivity contribution in [3.63, 3.8) is 0 Å². The molecule has 0 saturated carbocycles. The van der Waals surface area contributed by atoms with Gasteiger partial charge >= 0.3 is 0 Å². The van der Waals surface area contributed by atoms with Crippen molar-refractivity contribution in [1.29, 1.82) is 0 Å². The first-order valence-corrected chi connectivity index (χ1v) is 9.02. The Kier molecular flexibility index (Phi) is 11.6. The fourth-order valence-corrected chi connectivity index (χ4v) is 2.28. The minimum Gasteiger partial charge on any atom is -0.356 e. The molecule has 1 atom stereocenters. The Bertz CT molecular complexity index is 358. The molecule has 0 aliphatic heterocycles. The molecule has 0 bridgehead atoms. The average Bonchev–Trinajstić information content (AvgIpc) is 2.49. The zero-order chi connectivity index (χ0) is 17.7. The van der Waals surface area contributed by atoms with Gasteiger partial charge in [0.15, 0.2) is 0 Å². The largest absolute Gasteiger partial charge is 0.356 e. The summed E-state index contributed by atoms with van der Waals surface area (Å²) < 4.78 is 0. The Labute approximate surface area is 141 Å². The van der Waals surface area contributed by atoms with Crippen molar-refractivity contribution in [2.45, 2.75) is 85.5 Å². The third-order valence-corrected chi connectivity index (χ3v) is 4.03. The molecule has 4 heteroatoms. The summed E-state index contributed by atoms with van der Waals surface area (Å²) in [6, 6.07) is 0. The predicted molar refractivity (Wildman–Crippen MR) is 94.3 cm³/mol. The predicted octanol–water partition coefficient (Wildman–Crippen LogP) is 4.06. The van der Waals surface area contributed by atoms with Crippen LogP contribution in [0.5, 0.6) is 0 Å². The first-order valence-electron chi connectivity index (χ1n) is 9.02. The molecule has 0 aliphatic rings. The van der Waals surface area contributed by atoms with E-state index < -0.39 is 0 Å². The van der Waals surface area contributed by atoms with Crippen LogP contribution in [-0.4, -0.2) is 24.5 Å². The number of ketones is 1. The van der Waals surface area contributed by atoms with Gasteiger partial charge in [0, 0.05) is 30.7 Å². The van der Waals surface area contributed by atoms with Crippen LogP contribution in [0.15, 0.2) is 0 Å². The van der Waals surface area contributed by atoms with Crippen LogP contribution in [0.3, 0.4) is 0 Å². The molecule has 1 unspecified atom stereocenters. The Balaban J connectivity index is 3.42. The van der Waals surface area contributed by atoms with Crippen molar-refractivity contribution < 1.29 is 14.4 Å². The van der Waals surface area contributed by atoms with E-state index in [1.807, 2.05) is 27.7 Å². The van der Waals surface area contributed by atoms with E-state index in [1.165, 1.54) is 0 Å². The van der Waals surface area contributed by atoms with Gasteiger partial charge in [-0.1, -0.05) is 47.0 Å². The molecule has 1 amide bonds. The van der Waals surface area contributed by atoms with Crippen LogP contribution >= 0.6 is 0 Å². The van der Waals surface area contributed by atoms with E-state index in [-0.39, 0.29) is 17.2 Å². The fraction of sp³-hybridized carbons (Fsp3) is 0.842. The monoisotopic (exact) mass is 325 g/mol. The lowest BCUT2D eigenvalue weighted by atomic mass is 9.88. The SMILES string of the molecule is CC(C=O)CCCCC(=O)NCCCCCCC(=O)C(C)(C)C. The van der Waals surface area contributed by atoms with E-state index in [0.29, 0.717) is 18.6 Å². The van der Waals surface area contributed by atoms with Crippen molar-refractivity contribution in [2.24, 2.45) is 11.3 Å². The van der Waals surface area contributed by atoms with E-state index >= 15 is 0 Å². The molecule has 4 nitrogen and oxygen atoms in total. The van der Waals surface area contributed by atoms with E-state index in [4.69, 9.17) is 0 Å². The number of rotatable bonds is 13. The van der Waals surface area contributed by atoms with E-state index in [9.17, 15) is 14.4 Å². The summed E-state index contributed by atoms with van der Waals surface area (Å²) in [4.78, 5) is 33.8. The lowest BCUT2D eigenvalue weighted by Gasteiger charge is -2.16. The lowest BCUT2D eigenvalue weighted by molar-refractivity contribution is -0.126. The highest BCUT2D eigenvalue weighted by Gasteiger charge is 2.19. The zero-order valence-electron chi connectivity index (χ0n) is 15.5. The minimum absolute atomic E-state index is 0.100. The minimum atomic E-state index is -0.225. The summed E-state index contributed by atoms with van der Waals surface area (Å²) in [7, 11) is 0. The summed E-state index contributed by atoms with van der Waals surface area (Å²) in [6.45, 7) is 8.51. The average molecular weight is 325 g/mol. The number of carbonyl (C=O) groups is 3. The van der Waals surface area contributed by atoms with Crippen LogP contribution in [0.2, 0.25) is 0 Å². The lowest BCUT2D eigenvalue weighted by Crippen LogP contribution is -2.24. The quantitative estimate of drug-likeness (QED) is 0.410. The fourth-order valence-electron chi connectivity index (χ4n) is 2.28. The number of amides is 1. The van der Waals surface area contributed by atoms with Crippen molar-refractivity contribution >= 4 is 18.0 Å². The molecular weight excluding hydrogens is 290 g/mol. The molecule has 0 aromatic rings. The number of carbonyl (C=O) groups excluding carboxylic acids is 3. The molecule has 23 heavy (non-hydrogen) atoms. The molecule has 0 rings (SSSR count).